The van der Waals surface area contributed by atoms with E-state index in [1.807, 2.05) is 23.1 Å². The molecule has 0 bridgehead atoms. The SMILES string of the molecule is COc1ccc(Cl)cc1S(=O)(=O)c1cnc(N2CCN(c3ccccc3)CC2)nc1N. The molecule has 0 radical (unpaired) electrons. The average Bonchev–Trinajstić information content (AvgIpc) is 2.79. The third-order valence-electron chi connectivity index (χ3n) is 5.16. The van der Waals surface area contributed by atoms with Crippen LogP contribution in [-0.4, -0.2) is 51.7 Å². The van der Waals surface area contributed by atoms with Crippen molar-refractivity contribution in [1.82, 2.24) is 9.97 Å². The minimum absolute atomic E-state index is 0.0815. The number of hydrogen-bond donors (Lipinski definition) is 1. The highest BCUT2D eigenvalue weighted by Crippen LogP contribution is 2.33. The number of halogens is 1. The molecule has 2 N–H and O–H groups in total. The second kappa shape index (κ2) is 8.60. The van der Waals surface area contributed by atoms with Gasteiger partial charge in [0.1, 0.15) is 21.4 Å². The van der Waals surface area contributed by atoms with Gasteiger partial charge in [-0.05, 0) is 30.3 Å². The molecule has 0 atom stereocenters. The molecule has 1 saturated heterocycles. The number of nitrogen functional groups attached to an aromatic ring is 1. The maximum Gasteiger partial charge on any atom is 0.227 e. The van der Waals surface area contributed by atoms with Gasteiger partial charge in [-0.15, -0.1) is 0 Å². The largest absolute Gasteiger partial charge is 0.495 e. The van der Waals surface area contributed by atoms with Gasteiger partial charge in [-0.2, -0.15) is 4.98 Å². The van der Waals surface area contributed by atoms with Crippen LogP contribution < -0.4 is 20.3 Å². The van der Waals surface area contributed by atoms with Gasteiger partial charge in [0, 0.05) is 36.9 Å². The molecule has 2 aromatic carbocycles. The first-order valence-electron chi connectivity index (χ1n) is 9.66. The number of nitrogens with two attached hydrogens (primary N) is 1. The molecule has 10 heteroatoms. The number of methoxy groups -OCH3 is 1. The average molecular weight is 460 g/mol. The van der Waals surface area contributed by atoms with E-state index in [0.29, 0.717) is 19.0 Å². The van der Waals surface area contributed by atoms with E-state index in [-0.39, 0.29) is 26.4 Å². The summed E-state index contributed by atoms with van der Waals surface area (Å²) in [6.07, 6.45) is 1.25. The van der Waals surface area contributed by atoms with Crippen LogP contribution in [-0.2, 0) is 9.84 Å². The Morgan fingerprint density at radius 1 is 1.00 bits per heavy atom. The lowest BCUT2D eigenvalue weighted by Gasteiger charge is -2.36. The van der Waals surface area contributed by atoms with Crippen LogP contribution in [0, 0.1) is 0 Å². The van der Waals surface area contributed by atoms with Crippen LogP contribution in [0.3, 0.4) is 0 Å². The molecule has 4 rings (SSSR count). The number of nitrogens with zero attached hydrogens (tertiary/aromatic N) is 4. The molecular weight excluding hydrogens is 438 g/mol. The summed E-state index contributed by atoms with van der Waals surface area (Å²) in [6, 6.07) is 14.5. The van der Waals surface area contributed by atoms with Gasteiger partial charge >= 0.3 is 0 Å². The van der Waals surface area contributed by atoms with Crippen LogP contribution in [0.2, 0.25) is 5.02 Å². The summed E-state index contributed by atoms with van der Waals surface area (Å²) in [4.78, 5) is 12.6. The molecule has 0 aliphatic carbocycles. The Morgan fingerprint density at radius 3 is 2.32 bits per heavy atom. The van der Waals surface area contributed by atoms with Gasteiger partial charge in [-0.3, -0.25) is 0 Å². The number of benzene rings is 2. The zero-order valence-corrected chi connectivity index (χ0v) is 18.5. The van der Waals surface area contributed by atoms with Crippen LogP contribution in [0.25, 0.3) is 0 Å². The Hall–Kier alpha value is -3.04. The van der Waals surface area contributed by atoms with Gasteiger partial charge in [-0.1, -0.05) is 29.8 Å². The molecule has 0 saturated carbocycles. The summed E-state index contributed by atoms with van der Waals surface area (Å²) in [5.41, 5.74) is 7.22. The van der Waals surface area contributed by atoms with Crippen molar-refractivity contribution >= 4 is 38.9 Å². The lowest BCUT2D eigenvalue weighted by molar-refractivity contribution is 0.402. The zero-order chi connectivity index (χ0) is 22.0. The van der Waals surface area contributed by atoms with Crippen molar-refractivity contribution in [2.24, 2.45) is 0 Å². The highest BCUT2D eigenvalue weighted by Gasteiger charge is 2.28. The summed E-state index contributed by atoms with van der Waals surface area (Å²) < 4.78 is 31.5. The van der Waals surface area contributed by atoms with Crippen molar-refractivity contribution < 1.29 is 13.2 Å². The quantitative estimate of drug-likeness (QED) is 0.621. The summed E-state index contributed by atoms with van der Waals surface area (Å²) in [5, 5.41) is 0.270. The van der Waals surface area contributed by atoms with Gasteiger partial charge in [-0.25, -0.2) is 13.4 Å². The van der Waals surface area contributed by atoms with E-state index in [0.717, 1.165) is 13.1 Å². The van der Waals surface area contributed by atoms with Gasteiger partial charge in [0.25, 0.3) is 0 Å². The molecule has 2 heterocycles. The van der Waals surface area contributed by atoms with Crippen molar-refractivity contribution in [3.63, 3.8) is 0 Å². The Labute approximate surface area is 186 Å². The van der Waals surface area contributed by atoms with E-state index < -0.39 is 9.84 Å². The second-order valence-corrected chi connectivity index (χ2v) is 9.35. The van der Waals surface area contributed by atoms with E-state index in [2.05, 4.69) is 27.0 Å². The molecule has 0 spiro atoms. The lowest BCUT2D eigenvalue weighted by Crippen LogP contribution is -2.47. The molecule has 3 aromatic rings. The Bertz CT molecular complexity index is 1180. The van der Waals surface area contributed by atoms with E-state index in [4.69, 9.17) is 22.1 Å². The summed E-state index contributed by atoms with van der Waals surface area (Å²) in [7, 11) is -2.62. The molecule has 31 heavy (non-hydrogen) atoms. The normalized spacial score (nSPS) is 14.5. The van der Waals surface area contributed by atoms with Crippen LogP contribution in [0.15, 0.2) is 64.5 Å². The van der Waals surface area contributed by atoms with E-state index in [9.17, 15) is 8.42 Å². The molecule has 1 aromatic heterocycles. The predicted molar refractivity (Wildman–Crippen MR) is 121 cm³/mol. The third-order valence-corrected chi connectivity index (χ3v) is 7.19. The van der Waals surface area contributed by atoms with Gasteiger partial charge in [0.2, 0.25) is 15.8 Å². The summed E-state index contributed by atoms with van der Waals surface area (Å²) in [5.74, 6) is 0.463. The zero-order valence-electron chi connectivity index (χ0n) is 16.9. The first-order valence-corrected chi connectivity index (χ1v) is 11.5. The standard InChI is InChI=1S/C21H22ClN5O3S/c1-30-17-8-7-15(22)13-18(17)31(28,29)19-14-24-21(25-20(19)23)27-11-9-26(10-12-27)16-5-3-2-4-6-16/h2-8,13-14H,9-12H2,1H3,(H2,23,24,25). The molecule has 1 aliphatic heterocycles. The fourth-order valence-electron chi connectivity index (χ4n) is 3.52. The number of ether oxygens (including phenoxy) is 1. The number of rotatable bonds is 5. The summed E-state index contributed by atoms with van der Waals surface area (Å²) >= 11 is 6.00. The molecule has 8 nitrogen and oxygen atoms in total. The second-order valence-electron chi connectivity index (χ2n) is 7.03. The topological polar surface area (TPSA) is 102 Å². The van der Waals surface area contributed by atoms with Gasteiger partial charge < -0.3 is 20.3 Å². The Kier molecular flexibility index (Phi) is 5.88. The number of para-hydroxylation sites is 1. The van der Waals surface area contributed by atoms with Crippen LogP contribution >= 0.6 is 11.6 Å². The number of aromatic nitrogens is 2. The van der Waals surface area contributed by atoms with Crippen molar-refractivity contribution in [1.29, 1.82) is 0 Å². The van der Waals surface area contributed by atoms with Crippen LogP contribution in [0.1, 0.15) is 0 Å². The first-order chi connectivity index (χ1) is 14.9. The van der Waals surface area contributed by atoms with E-state index in [1.54, 1.807) is 6.07 Å². The molecule has 0 amide bonds. The Morgan fingerprint density at radius 2 is 1.68 bits per heavy atom. The van der Waals surface area contributed by atoms with Crippen molar-refractivity contribution in [3.05, 3.63) is 59.8 Å². The number of hydrogen-bond acceptors (Lipinski definition) is 8. The molecule has 0 unspecified atom stereocenters. The highest BCUT2D eigenvalue weighted by atomic mass is 35.5. The number of anilines is 3. The monoisotopic (exact) mass is 459 g/mol. The van der Waals surface area contributed by atoms with Crippen LogP contribution in [0.4, 0.5) is 17.5 Å². The lowest BCUT2D eigenvalue weighted by atomic mass is 10.2. The Balaban J connectivity index is 1.56. The van der Waals surface area contributed by atoms with E-state index in [1.165, 1.54) is 31.1 Å². The molecule has 1 fully saturated rings. The summed E-state index contributed by atoms with van der Waals surface area (Å²) in [6.45, 7) is 2.99. The molecule has 162 valence electrons. The first kappa shape index (κ1) is 21.2. The van der Waals surface area contributed by atoms with Crippen LogP contribution in [0.5, 0.6) is 5.75 Å². The number of sulfone groups is 1. The number of piperazine rings is 1. The van der Waals surface area contributed by atoms with Crippen molar-refractivity contribution in [2.45, 2.75) is 9.79 Å². The maximum atomic E-state index is 13.2. The van der Waals surface area contributed by atoms with Gasteiger partial charge in [0.05, 0.1) is 13.3 Å². The minimum atomic E-state index is -4.01. The van der Waals surface area contributed by atoms with E-state index >= 15 is 0 Å². The minimum Gasteiger partial charge on any atom is -0.495 e. The third kappa shape index (κ3) is 4.24. The molecule has 1 aliphatic rings. The predicted octanol–water partition coefficient (Wildman–Crippen LogP) is 2.88. The highest BCUT2D eigenvalue weighted by molar-refractivity contribution is 7.91. The van der Waals surface area contributed by atoms with Crippen molar-refractivity contribution in [3.8, 4) is 5.75 Å². The molecular formula is C21H22ClN5O3S. The van der Waals surface area contributed by atoms with Gasteiger partial charge in [0.15, 0.2) is 0 Å². The smallest absolute Gasteiger partial charge is 0.227 e. The maximum absolute atomic E-state index is 13.2. The van der Waals surface area contributed by atoms with Crippen molar-refractivity contribution in [2.75, 3.05) is 48.8 Å². The fourth-order valence-corrected chi connectivity index (χ4v) is 5.20. The fraction of sp³-hybridized carbons (Fsp3) is 0.238.